The molecule has 2 atom stereocenters. The van der Waals surface area contributed by atoms with E-state index in [-0.39, 0.29) is 18.1 Å². The van der Waals surface area contributed by atoms with Gasteiger partial charge >= 0.3 is 0 Å². The second-order valence-electron chi connectivity index (χ2n) is 7.16. The number of ether oxygens (including phenoxy) is 1. The zero-order valence-corrected chi connectivity index (χ0v) is 14.9. The third kappa shape index (κ3) is 3.09. The highest BCUT2D eigenvalue weighted by Gasteiger charge is 2.37. The maximum absolute atomic E-state index is 13.1. The van der Waals surface area contributed by atoms with Gasteiger partial charge in [0.2, 0.25) is 0 Å². The van der Waals surface area contributed by atoms with Crippen LogP contribution in [0.3, 0.4) is 0 Å². The van der Waals surface area contributed by atoms with Crippen LogP contribution in [0.2, 0.25) is 0 Å². The molecule has 132 valence electrons. The summed E-state index contributed by atoms with van der Waals surface area (Å²) in [4.78, 5) is 15.1. The molecule has 5 nitrogen and oxygen atoms in total. The minimum Gasteiger partial charge on any atom is -0.374 e. The highest BCUT2D eigenvalue weighted by Crippen LogP contribution is 2.30. The molecule has 25 heavy (non-hydrogen) atoms. The lowest BCUT2D eigenvalue weighted by Crippen LogP contribution is -2.54. The molecular formula is C20H25N3O2. The molecule has 4 rings (SSSR count). The number of morpholine rings is 1. The summed E-state index contributed by atoms with van der Waals surface area (Å²) in [6, 6.07) is 10.4. The van der Waals surface area contributed by atoms with Crippen LogP contribution >= 0.6 is 0 Å². The van der Waals surface area contributed by atoms with Gasteiger partial charge in [0.05, 0.1) is 24.4 Å². The smallest absolute Gasteiger partial charge is 0.274 e. The van der Waals surface area contributed by atoms with Crippen molar-refractivity contribution in [2.75, 3.05) is 13.2 Å². The Labute approximate surface area is 148 Å². The summed E-state index contributed by atoms with van der Waals surface area (Å²) < 4.78 is 7.69. The van der Waals surface area contributed by atoms with Crippen LogP contribution in [0.5, 0.6) is 0 Å². The average Bonchev–Trinajstić information content (AvgIpc) is 3.03. The Morgan fingerprint density at radius 1 is 1.20 bits per heavy atom. The van der Waals surface area contributed by atoms with E-state index in [1.807, 2.05) is 18.0 Å². The Balaban J connectivity index is 1.60. The van der Waals surface area contributed by atoms with E-state index in [1.54, 1.807) is 4.68 Å². The van der Waals surface area contributed by atoms with Gasteiger partial charge in [-0.05, 0) is 31.4 Å². The number of aryl methyl sites for hydroxylation is 2. The largest absolute Gasteiger partial charge is 0.374 e. The minimum atomic E-state index is 0.0363. The van der Waals surface area contributed by atoms with Crippen molar-refractivity contribution < 1.29 is 9.53 Å². The maximum atomic E-state index is 13.1. The van der Waals surface area contributed by atoms with Gasteiger partial charge in [0.15, 0.2) is 5.69 Å². The second kappa shape index (κ2) is 6.64. The average molecular weight is 339 g/mol. The molecule has 0 spiro atoms. The molecule has 0 radical (unpaired) electrons. The van der Waals surface area contributed by atoms with Gasteiger partial charge in [0.25, 0.3) is 5.91 Å². The van der Waals surface area contributed by atoms with E-state index in [9.17, 15) is 4.79 Å². The summed E-state index contributed by atoms with van der Waals surface area (Å²) in [6.45, 7) is 3.36. The van der Waals surface area contributed by atoms with Gasteiger partial charge in [0, 0.05) is 13.6 Å². The predicted molar refractivity (Wildman–Crippen MR) is 96.4 cm³/mol. The molecule has 1 aromatic heterocycles. The standard InChI is InChI=1S/C20H25N3O2/c1-14-7-9-15(10-8-14)18-13-16(21-22(18)2)20(24)23-11-12-25-19-6-4-3-5-17(19)23/h7-10,13,17,19H,3-6,11-12H2,1-2H3. The van der Waals surface area contributed by atoms with Crippen LogP contribution in [0.15, 0.2) is 30.3 Å². The summed E-state index contributed by atoms with van der Waals surface area (Å²) in [5.41, 5.74) is 3.80. The number of carbonyl (C=O) groups excluding carboxylic acids is 1. The normalized spacial score (nSPS) is 23.4. The molecule has 0 N–H and O–H groups in total. The summed E-state index contributed by atoms with van der Waals surface area (Å²) >= 11 is 0. The fourth-order valence-corrected chi connectivity index (χ4v) is 4.06. The predicted octanol–water partition coefficient (Wildman–Crippen LogP) is 3.18. The Morgan fingerprint density at radius 2 is 1.96 bits per heavy atom. The van der Waals surface area contributed by atoms with Crippen molar-refractivity contribution in [3.63, 3.8) is 0 Å². The zero-order valence-electron chi connectivity index (χ0n) is 14.9. The SMILES string of the molecule is Cc1ccc(-c2cc(C(=O)N3CCOC4CCCCC43)nn2C)cc1. The van der Waals surface area contributed by atoms with Crippen LogP contribution < -0.4 is 0 Å². The van der Waals surface area contributed by atoms with Crippen molar-refractivity contribution >= 4 is 5.91 Å². The van der Waals surface area contributed by atoms with Crippen molar-refractivity contribution in [1.29, 1.82) is 0 Å². The number of carbonyl (C=O) groups is 1. The number of hydrogen-bond donors (Lipinski definition) is 0. The molecule has 2 heterocycles. The number of hydrogen-bond acceptors (Lipinski definition) is 3. The van der Waals surface area contributed by atoms with Crippen molar-refractivity contribution in [1.82, 2.24) is 14.7 Å². The number of nitrogens with zero attached hydrogens (tertiary/aromatic N) is 3. The molecule has 1 aromatic carbocycles. The maximum Gasteiger partial charge on any atom is 0.274 e. The number of amides is 1. The monoisotopic (exact) mass is 339 g/mol. The summed E-state index contributed by atoms with van der Waals surface area (Å²) in [6.07, 6.45) is 4.67. The molecular weight excluding hydrogens is 314 g/mol. The van der Waals surface area contributed by atoms with E-state index >= 15 is 0 Å². The fraction of sp³-hybridized carbons (Fsp3) is 0.500. The van der Waals surface area contributed by atoms with Gasteiger partial charge in [-0.15, -0.1) is 0 Å². The van der Waals surface area contributed by atoms with Gasteiger partial charge in [-0.25, -0.2) is 0 Å². The van der Waals surface area contributed by atoms with Gasteiger partial charge in [-0.2, -0.15) is 5.10 Å². The van der Waals surface area contributed by atoms with E-state index in [4.69, 9.17) is 4.74 Å². The molecule has 0 bridgehead atoms. The fourth-order valence-electron chi connectivity index (χ4n) is 4.06. The lowest BCUT2D eigenvalue weighted by Gasteiger charge is -2.43. The van der Waals surface area contributed by atoms with Crippen LogP contribution in [0.1, 0.15) is 41.7 Å². The number of aromatic nitrogens is 2. The first kappa shape index (κ1) is 16.3. The molecule has 1 saturated heterocycles. The Morgan fingerprint density at radius 3 is 2.76 bits per heavy atom. The highest BCUT2D eigenvalue weighted by atomic mass is 16.5. The molecule has 1 saturated carbocycles. The zero-order chi connectivity index (χ0) is 17.4. The van der Waals surface area contributed by atoms with Crippen molar-refractivity contribution in [3.05, 3.63) is 41.6 Å². The van der Waals surface area contributed by atoms with E-state index < -0.39 is 0 Å². The van der Waals surface area contributed by atoms with Gasteiger partial charge < -0.3 is 9.64 Å². The van der Waals surface area contributed by atoms with Gasteiger partial charge in [-0.1, -0.05) is 42.7 Å². The van der Waals surface area contributed by atoms with Crippen LogP contribution in [0.25, 0.3) is 11.3 Å². The molecule has 2 unspecified atom stereocenters. The topological polar surface area (TPSA) is 47.4 Å². The second-order valence-corrected chi connectivity index (χ2v) is 7.16. The van der Waals surface area contributed by atoms with E-state index in [0.717, 1.165) is 24.1 Å². The Kier molecular flexibility index (Phi) is 4.34. The first-order valence-corrected chi connectivity index (χ1v) is 9.17. The van der Waals surface area contributed by atoms with Gasteiger partial charge in [0.1, 0.15) is 0 Å². The van der Waals surface area contributed by atoms with Crippen LogP contribution in [-0.2, 0) is 11.8 Å². The molecule has 1 amide bonds. The molecule has 5 heteroatoms. The number of benzene rings is 1. The molecule has 2 fully saturated rings. The Hall–Kier alpha value is -2.14. The highest BCUT2D eigenvalue weighted by molar-refractivity contribution is 5.93. The van der Waals surface area contributed by atoms with E-state index in [1.165, 1.54) is 18.4 Å². The third-order valence-corrected chi connectivity index (χ3v) is 5.44. The van der Waals surface area contributed by atoms with Gasteiger partial charge in [-0.3, -0.25) is 9.48 Å². The van der Waals surface area contributed by atoms with Crippen LogP contribution in [0, 0.1) is 6.92 Å². The number of rotatable bonds is 2. The first-order valence-electron chi connectivity index (χ1n) is 9.17. The minimum absolute atomic E-state index is 0.0363. The van der Waals surface area contributed by atoms with Crippen LogP contribution in [-0.4, -0.2) is 45.9 Å². The van der Waals surface area contributed by atoms with Crippen molar-refractivity contribution in [3.8, 4) is 11.3 Å². The lowest BCUT2D eigenvalue weighted by molar-refractivity contribution is -0.0754. The molecule has 1 aliphatic heterocycles. The molecule has 2 aromatic rings. The summed E-state index contributed by atoms with van der Waals surface area (Å²) in [7, 11) is 1.90. The third-order valence-electron chi connectivity index (χ3n) is 5.44. The summed E-state index contributed by atoms with van der Waals surface area (Å²) in [5.74, 6) is 0.0363. The molecule has 2 aliphatic rings. The quantitative estimate of drug-likeness (QED) is 0.844. The van der Waals surface area contributed by atoms with Crippen LogP contribution in [0.4, 0.5) is 0 Å². The lowest BCUT2D eigenvalue weighted by atomic mass is 9.90. The van der Waals surface area contributed by atoms with E-state index in [2.05, 4.69) is 36.3 Å². The van der Waals surface area contributed by atoms with Crippen molar-refractivity contribution in [2.24, 2.45) is 7.05 Å². The number of fused-ring (bicyclic) bond motifs is 1. The first-order chi connectivity index (χ1) is 12.1. The summed E-state index contributed by atoms with van der Waals surface area (Å²) in [5, 5.41) is 4.51. The van der Waals surface area contributed by atoms with E-state index in [0.29, 0.717) is 18.8 Å². The van der Waals surface area contributed by atoms with Crippen molar-refractivity contribution in [2.45, 2.75) is 44.8 Å². The molecule has 1 aliphatic carbocycles. The Bertz CT molecular complexity index is 764.